The Hall–Kier alpha value is -3.61. The first kappa shape index (κ1) is 20.7. The van der Waals surface area contributed by atoms with E-state index in [2.05, 4.69) is 42.5 Å². The highest BCUT2D eigenvalue weighted by atomic mass is 19.4. The van der Waals surface area contributed by atoms with Crippen molar-refractivity contribution in [1.29, 1.82) is 5.41 Å². The molecule has 4 N–H and O–H groups in total. The van der Waals surface area contributed by atoms with Gasteiger partial charge in [-0.3, -0.25) is 5.41 Å². The third-order valence-electron chi connectivity index (χ3n) is 3.69. The molecule has 3 aromatic carbocycles. The van der Waals surface area contributed by atoms with Crippen LogP contribution in [0.3, 0.4) is 0 Å². The van der Waals surface area contributed by atoms with Crippen molar-refractivity contribution in [1.82, 2.24) is 0 Å². The zero-order valence-corrected chi connectivity index (χ0v) is 14.6. The van der Waals surface area contributed by atoms with Crippen molar-refractivity contribution in [2.45, 2.75) is 6.18 Å². The molecular formula is C21H17F3N2O2. The quantitative estimate of drug-likeness (QED) is 0.339. The van der Waals surface area contributed by atoms with Gasteiger partial charge in [-0.05, 0) is 34.0 Å². The maximum Gasteiger partial charge on any atom is 0.490 e. The first-order chi connectivity index (χ1) is 13.2. The van der Waals surface area contributed by atoms with E-state index < -0.39 is 12.1 Å². The number of benzene rings is 3. The summed E-state index contributed by atoms with van der Waals surface area (Å²) in [5, 5.41) is 16.9. The minimum atomic E-state index is -5.08. The van der Waals surface area contributed by atoms with E-state index in [0.717, 1.165) is 21.9 Å². The molecule has 28 heavy (non-hydrogen) atoms. The summed E-state index contributed by atoms with van der Waals surface area (Å²) in [5.41, 5.74) is 8.62. The number of amidine groups is 1. The fourth-order valence-electron chi connectivity index (χ4n) is 2.29. The molecule has 0 heterocycles. The van der Waals surface area contributed by atoms with Crippen LogP contribution in [0, 0.1) is 5.41 Å². The SMILES string of the molecule is N=C(N)c1ccc2cc(C=Cc3ccccc3)ccc2c1.O=C(O)C(F)(F)F. The summed E-state index contributed by atoms with van der Waals surface area (Å²) < 4.78 is 31.7. The number of halogens is 3. The van der Waals surface area contributed by atoms with E-state index in [9.17, 15) is 13.2 Å². The van der Waals surface area contributed by atoms with Crippen LogP contribution < -0.4 is 5.73 Å². The molecule has 7 heteroatoms. The largest absolute Gasteiger partial charge is 0.490 e. The van der Waals surface area contributed by atoms with Gasteiger partial charge in [-0.1, -0.05) is 66.7 Å². The van der Waals surface area contributed by atoms with Gasteiger partial charge in [0, 0.05) is 5.56 Å². The summed E-state index contributed by atoms with van der Waals surface area (Å²) in [4.78, 5) is 8.90. The molecular weight excluding hydrogens is 369 g/mol. The third kappa shape index (κ3) is 5.98. The molecule has 0 saturated carbocycles. The zero-order valence-electron chi connectivity index (χ0n) is 14.6. The number of alkyl halides is 3. The highest BCUT2D eigenvalue weighted by molar-refractivity contribution is 5.99. The van der Waals surface area contributed by atoms with Crippen LogP contribution in [-0.4, -0.2) is 23.1 Å². The summed E-state index contributed by atoms with van der Waals surface area (Å²) in [7, 11) is 0. The predicted molar refractivity (Wildman–Crippen MR) is 104 cm³/mol. The maximum absolute atomic E-state index is 10.6. The fourth-order valence-corrected chi connectivity index (χ4v) is 2.29. The van der Waals surface area contributed by atoms with E-state index in [1.807, 2.05) is 36.4 Å². The normalized spacial score (nSPS) is 11.1. The number of nitrogen functional groups attached to an aromatic ring is 1. The number of carbonyl (C=O) groups is 1. The van der Waals surface area contributed by atoms with Gasteiger partial charge >= 0.3 is 12.1 Å². The minimum absolute atomic E-state index is 0.102. The molecule has 0 atom stereocenters. The molecule has 0 spiro atoms. The van der Waals surface area contributed by atoms with Crippen LogP contribution in [0.2, 0.25) is 0 Å². The molecule has 4 nitrogen and oxygen atoms in total. The van der Waals surface area contributed by atoms with E-state index in [0.29, 0.717) is 0 Å². The lowest BCUT2D eigenvalue weighted by Crippen LogP contribution is -2.21. The molecule has 0 amide bonds. The van der Waals surface area contributed by atoms with E-state index in [4.69, 9.17) is 21.0 Å². The van der Waals surface area contributed by atoms with Crippen LogP contribution in [0.4, 0.5) is 13.2 Å². The second-order valence-corrected chi connectivity index (χ2v) is 5.78. The average Bonchev–Trinajstić information content (AvgIpc) is 2.66. The molecule has 0 aliphatic heterocycles. The Kier molecular flexibility index (Phi) is 6.55. The topological polar surface area (TPSA) is 87.2 Å². The molecule has 0 aromatic heterocycles. The predicted octanol–water partition coefficient (Wildman–Crippen LogP) is 4.93. The minimum Gasteiger partial charge on any atom is -0.475 e. The van der Waals surface area contributed by atoms with E-state index in [1.54, 1.807) is 0 Å². The van der Waals surface area contributed by atoms with Gasteiger partial charge in [0.25, 0.3) is 0 Å². The molecule has 0 bridgehead atoms. The second-order valence-electron chi connectivity index (χ2n) is 5.78. The van der Waals surface area contributed by atoms with Crippen molar-refractivity contribution in [2.75, 3.05) is 0 Å². The highest BCUT2D eigenvalue weighted by Crippen LogP contribution is 2.19. The molecule has 0 radical (unpaired) electrons. The Balaban J connectivity index is 0.000000345. The highest BCUT2D eigenvalue weighted by Gasteiger charge is 2.38. The summed E-state index contributed by atoms with van der Waals surface area (Å²) in [6.45, 7) is 0. The Bertz CT molecular complexity index is 1010. The van der Waals surface area contributed by atoms with Gasteiger partial charge in [-0.25, -0.2) is 4.79 Å². The fraction of sp³-hybridized carbons (Fsp3) is 0.0476. The van der Waals surface area contributed by atoms with Crippen LogP contribution >= 0.6 is 0 Å². The van der Waals surface area contributed by atoms with Crippen molar-refractivity contribution in [3.63, 3.8) is 0 Å². The van der Waals surface area contributed by atoms with Crippen molar-refractivity contribution < 1.29 is 23.1 Å². The van der Waals surface area contributed by atoms with Crippen LogP contribution in [0.1, 0.15) is 16.7 Å². The van der Waals surface area contributed by atoms with Crippen LogP contribution in [0.25, 0.3) is 22.9 Å². The Morgan fingerprint density at radius 2 is 1.43 bits per heavy atom. The Morgan fingerprint density at radius 1 is 0.893 bits per heavy atom. The number of carboxylic acids is 1. The average molecular weight is 386 g/mol. The second kappa shape index (κ2) is 8.85. The molecule has 0 fully saturated rings. The number of rotatable bonds is 3. The first-order valence-corrected chi connectivity index (χ1v) is 8.08. The lowest BCUT2D eigenvalue weighted by atomic mass is 10.0. The molecule has 0 aliphatic rings. The van der Waals surface area contributed by atoms with Gasteiger partial charge in [0.05, 0.1) is 0 Å². The number of hydrogen-bond acceptors (Lipinski definition) is 2. The lowest BCUT2D eigenvalue weighted by Gasteiger charge is -2.03. The van der Waals surface area contributed by atoms with Gasteiger partial charge in [-0.2, -0.15) is 13.2 Å². The summed E-state index contributed by atoms with van der Waals surface area (Å²) in [6, 6.07) is 22.3. The van der Waals surface area contributed by atoms with Crippen molar-refractivity contribution in [2.24, 2.45) is 5.73 Å². The number of nitrogens with two attached hydrogens (primary N) is 1. The van der Waals surface area contributed by atoms with Gasteiger partial charge in [0.1, 0.15) is 5.84 Å². The maximum atomic E-state index is 10.6. The standard InChI is InChI=1S/C19H16N2.C2HF3O2/c20-19(21)18-11-10-16-12-15(8-9-17(16)13-18)7-6-14-4-2-1-3-5-14;3-2(4,5)1(6)7/h1-13H,(H3,20,21);(H,6,7). The van der Waals surface area contributed by atoms with Gasteiger partial charge in [0.2, 0.25) is 0 Å². The summed E-state index contributed by atoms with van der Waals surface area (Å²) >= 11 is 0. The molecule has 0 saturated heterocycles. The number of carboxylic acid groups (broad SMARTS) is 1. The number of fused-ring (bicyclic) bond motifs is 1. The summed E-state index contributed by atoms with van der Waals surface area (Å²) in [6.07, 6.45) is -0.876. The molecule has 3 rings (SSSR count). The lowest BCUT2D eigenvalue weighted by molar-refractivity contribution is -0.192. The van der Waals surface area contributed by atoms with Gasteiger partial charge in [-0.15, -0.1) is 0 Å². The third-order valence-corrected chi connectivity index (χ3v) is 3.69. The van der Waals surface area contributed by atoms with Crippen molar-refractivity contribution >= 4 is 34.7 Å². The number of nitrogens with one attached hydrogen (secondary N) is 1. The molecule has 0 unspecified atom stereocenters. The smallest absolute Gasteiger partial charge is 0.475 e. The molecule has 0 aliphatic carbocycles. The van der Waals surface area contributed by atoms with Crippen LogP contribution in [-0.2, 0) is 4.79 Å². The van der Waals surface area contributed by atoms with Gasteiger partial charge in [0.15, 0.2) is 0 Å². The molecule has 144 valence electrons. The number of aliphatic carboxylic acids is 1. The van der Waals surface area contributed by atoms with E-state index >= 15 is 0 Å². The monoisotopic (exact) mass is 386 g/mol. The first-order valence-electron chi connectivity index (χ1n) is 8.08. The Labute approximate surface area is 159 Å². The van der Waals surface area contributed by atoms with Crippen LogP contribution in [0.15, 0.2) is 66.7 Å². The van der Waals surface area contributed by atoms with Crippen molar-refractivity contribution in [3.8, 4) is 0 Å². The van der Waals surface area contributed by atoms with E-state index in [1.165, 1.54) is 5.56 Å². The van der Waals surface area contributed by atoms with Crippen LogP contribution in [0.5, 0.6) is 0 Å². The summed E-state index contributed by atoms with van der Waals surface area (Å²) in [5.74, 6) is -2.66. The van der Waals surface area contributed by atoms with Gasteiger partial charge < -0.3 is 10.8 Å². The molecule has 3 aromatic rings. The van der Waals surface area contributed by atoms with E-state index in [-0.39, 0.29) is 5.84 Å². The number of hydrogen-bond donors (Lipinski definition) is 3. The Morgan fingerprint density at radius 3 is 2.00 bits per heavy atom. The van der Waals surface area contributed by atoms with Crippen molar-refractivity contribution in [3.05, 3.63) is 83.4 Å². The zero-order chi connectivity index (χ0) is 20.7.